The van der Waals surface area contributed by atoms with E-state index in [-0.39, 0.29) is 6.61 Å². The van der Waals surface area contributed by atoms with Gasteiger partial charge in [0.1, 0.15) is 5.75 Å². The van der Waals surface area contributed by atoms with Gasteiger partial charge in [-0.05, 0) is 54.8 Å². The van der Waals surface area contributed by atoms with Crippen molar-refractivity contribution in [1.29, 1.82) is 0 Å². The Hall–Kier alpha value is -1.69. The Bertz CT molecular complexity index is 863. The molecular formula is C18H16Cl2N2O2S. The fourth-order valence-electron chi connectivity index (χ4n) is 2.29. The Balaban J connectivity index is 1.55. The summed E-state index contributed by atoms with van der Waals surface area (Å²) in [6, 6.07) is 11.6. The molecule has 1 aromatic heterocycles. The number of aryl methyl sites for hydroxylation is 2. The number of nitrogens with zero attached hydrogens (tertiary/aromatic N) is 2. The molecule has 0 N–H and O–H groups in total. The van der Waals surface area contributed by atoms with Gasteiger partial charge in [-0.25, -0.2) is 0 Å². The molecule has 0 atom stereocenters. The lowest BCUT2D eigenvalue weighted by atomic mass is 10.1. The molecule has 0 bridgehead atoms. The topological polar surface area (TPSA) is 48.2 Å². The Morgan fingerprint density at radius 1 is 1.00 bits per heavy atom. The molecule has 0 saturated carbocycles. The number of ether oxygens (including phenoxy) is 1. The summed E-state index contributed by atoms with van der Waals surface area (Å²) in [4.78, 5) is 0. The van der Waals surface area contributed by atoms with E-state index in [2.05, 4.69) is 16.3 Å². The highest BCUT2D eigenvalue weighted by Gasteiger charge is 2.09. The molecule has 0 fully saturated rings. The molecule has 0 radical (unpaired) electrons. The summed E-state index contributed by atoms with van der Waals surface area (Å²) in [5, 5.41) is 9.60. The maximum Gasteiger partial charge on any atom is 0.277 e. The predicted octanol–water partition coefficient (Wildman–Crippen LogP) is 5.86. The van der Waals surface area contributed by atoms with Crippen molar-refractivity contribution >= 4 is 35.0 Å². The summed E-state index contributed by atoms with van der Waals surface area (Å²) >= 11 is 13.4. The third kappa shape index (κ3) is 5.14. The molecule has 0 aliphatic rings. The fourth-order valence-corrected chi connectivity index (χ4v) is 3.33. The molecule has 4 nitrogen and oxygen atoms in total. The van der Waals surface area contributed by atoms with Gasteiger partial charge < -0.3 is 9.15 Å². The Kier molecular flexibility index (Phi) is 5.89. The number of rotatable bonds is 6. The van der Waals surface area contributed by atoms with Gasteiger partial charge in [-0.3, -0.25) is 0 Å². The number of thioether (sulfide) groups is 1. The smallest absolute Gasteiger partial charge is 0.277 e. The molecule has 2 aromatic carbocycles. The second-order valence-corrected chi connectivity index (χ2v) is 7.35. The Morgan fingerprint density at radius 3 is 2.48 bits per heavy atom. The Morgan fingerprint density at radius 2 is 1.76 bits per heavy atom. The van der Waals surface area contributed by atoms with Gasteiger partial charge in [0.15, 0.2) is 6.61 Å². The molecule has 0 aliphatic heterocycles. The predicted molar refractivity (Wildman–Crippen MR) is 101 cm³/mol. The summed E-state index contributed by atoms with van der Waals surface area (Å²) in [7, 11) is 0. The molecule has 1 heterocycles. The second kappa shape index (κ2) is 8.13. The van der Waals surface area contributed by atoms with Crippen LogP contribution < -0.4 is 4.74 Å². The van der Waals surface area contributed by atoms with Gasteiger partial charge in [-0.15, -0.1) is 10.2 Å². The van der Waals surface area contributed by atoms with Gasteiger partial charge >= 0.3 is 0 Å². The molecule has 3 aromatic rings. The van der Waals surface area contributed by atoms with Gasteiger partial charge in [0.25, 0.3) is 11.1 Å². The average molecular weight is 395 g/mol. The van der Waals surface area contributed by atoms with Crippen LogP contribution in [0.2, 0.25) is 10.0 Å². The minimum Gasteiger partial charge on any atom is -0.484 e. The molecule has 7 heteroatoms. The monoisotopic (exact) mass is 394 g/mol. The summed E-state index contributed by atoms with van der Waals surface area (Å²) in [5.74, 6) is 1.90. The van der Waals surface area contributed by atoms with E-state index >= 15 is 0 Å². The van der Waals surface area contributed by atoms with E-state index < -0.39 is 0 Å². The number of halogens is 2. The number of hydrogen-bond donors (Lipinski definition) is 0. The van der Waals surface area contributed by atoms with Crippen LogP contribution in [0, 0.1) is 13.8 Å². The van der Waals surface area contributed by atoms with Crippen LogP contribution in [0.25, 0.3) is 0 Å². The number of benzene rings is 2. The van der Waals surface area contributed by atoms with Crippen LogP contribution in [-0.4, -0.2) is 10.2 Å². The molecule has 0 saturated heterocycles. The highest BCUT2D eigenvalue weighted by atomic mass is 35.5. The zero-order chi connectivity index (χ0) is 17.8. The first-order chi connectivity index (χ1) is 12.0. The molecule has 0 amide bonds. The lowest BCUT2D eigenvalue weighted by Crippen LogP contribution is -1.96. The molecular weight excluding hydrogens is 379 g/mol. The third-order valence-electron chi connectivity index (χ3n) is 3.35. The lowest BCUT2D eigenvalue weighted by molar-refractivity contribution is 0.252. The van der Waals surface area contributed by atoms with Crippen molar-refractivity contribution in [3.05, 3.63) is 69.0 Å². The van der Waals surface area contributed by atoms with Crippen LogP contribution in [0.5, 0.6) is 5.75 Å². The van der Waals surface area contributed by atoms with Gasteiger partial charge in [-0.1, -0.05) is 47.1 Å². The standard InChI is InChI=1S/C18H16Cl2N2O2S/c1-11-5-12(2)7-14(6-11)23-9-17-21-22-18(24-17)25-10-13-3-4-15(19)16(20)8-13/h3-8H,9-10H2,1-2H3. The van der Waals surface area contributed by atoms with Crippen LogP contribution >= 0.6 is 35.0 Å². The molecule has 25 heavy (non-hydrogen) atoms. The van der Waals surface area contributed by atoms with E-state index in [9.17, 15) is 0 Å². The average Bonchev–Trinajstić information content (AvgIpc) is 3.01. The molecule has 0 aliphatic carbocycles. The van der Waals surface area contributed by atoms with E-state index in [1.165, 1.54) is 11.8 Å². The summed E-state index contributed by atoms with van der Waals surface area (Å²) in [5.41, 5.74) is 3.34. The molecule has 130 valence electrons. The van der Waals surface area contributed by atoms with Gasteiger partial charge in [0, 0.05) is 5.75 Å². The SMILES string of the molecule is Cc1cc(C)cc(OCc2nnc(SCc3ccc(Cl)c(Cl)c3)o2)c1. The van der Waals surface area contributed by atoms with E-state index in [1.807, 2.05) is 38.1 Å². The maximum absolute atomic E-state index is 6.01. The normalized spacial score (nSPS) is 10.9. The van der Waals surface area contributed by atoms with Crippen molar-refractivity contribution in [3.8, 4) is 5.75 Å². The maximum atomic E-state index is 6.01. The number of aromatic nitrogens is 2. The van der Waals surface area contributed by atoms with Crippen molar-refractivity contribution in [1.82, 2.24) is 10.2 Å². The van der Waals surface area contributed by atoms with Gasteiger partial charge in [0.05, 0.1) is 10.0 Å². The first kappa shape index (κ1) is 18.1. The van der Waals surface area contributed by atoms with Crippen LogP contribution in [0.15, 0.2) is 46.0 Å². The summed E-state index contributed by atoms with van der Waals surface area (Å²) < 4.78 is 11.3. The number of hydrogen-bond acceptors (Lipinski definition) is 5. The van der Waals surface area contributed by atoms with E-state index in [0.717, 1.165) is 22.4 Å². The summed E-state index contributed by atoms with van der Waals surface area (Å²) in [6.45, 7) is 4.30. The van der Waals surface area contributed by atoms with E-state index in [0.29, 0.717) is 26.9 Å². The van der Waals surface area contributed by atoms with Gasteiger partial charge in [0.2, 0.25) is 0 Å². The van der Waals surface area contributed by atoms with Crippen molar-refractivity contribution in [2.45, 2.75) is 31.4 Å². The van der Waals surface area contributed by atoms with Crippen LogP contribution in [0.1, 0.15) is 22.6 Å². The lowest BCUT2D eigenvalue weighted by Gasteiger charge is -2.05. The summed E-state index contributed by atoms with van der Waals surface area (Å²) in [6.07, 6.45) is 0. The van der Waals surface area contributed by atoms with Crippen molar-refractivity contribution in [2.75, 3.05) is 0 Å². The van der Waals surface area contributed by atoms with Crippen molar-refractivity contribution in [2.24, 2.45) is 0 Å². The molecule has 3 rings (SSSR count). The van der Waals surface area contributed by atoms with Crippen LogP contribution in [-0.2, 0) is 12.4 Å². The van der Waals surface area contributed by atoms with E-state index in [1.54, 1.807) is 6.07 Å². The Labute approximate surface area is 160 Å². The van der Waals surface area contributed by atoms with E-state index in [4.69, 9.17) is 32.4 Å². The highest BCUT2D eigenvalue weighted by molar-refractivity contribution is 7.98. The van der Waals surface area contributed by atoms with Crippen molar-refractivity contribution < 1.29 is 9.15 Å². The fraction of sp³-hybridized carbons (Fsp3) is 0.222. The first-order valence-electron chi connectivity index (χ1n) is 7.60. The molecule has 0 unspecified atom stereocenters. The molecule has 0 spiro atoms. The first-order valence-corrected chi connectivity index (χ1v) is 9.34. The zero-order valence-electron chi connectivity index (χ0n) is 13.8. The van der Waals surface area contributed by atoms with Crippen LogP contribution in [0.3, 0.4) is 0 Å². The minimum absolute atomic E-state index is 0.239. The highest BCUT2D eigenvalue weighted by Crippen LogP contribution is 2.27. The third-order valence-corrected chi connectivity index (χ3v) is 4.98. The second-order valence-electron chi connectivity index (χ2n) is 5.61. The minimum atomic E-state index is 0.239. The van der Waals surface area contributed by atoms with Crippen LogP contribution in [0.4, 0.5) is 0 Å². The largest absolute Gasteiger partial charge is 0.484 e. The zero-order valence-corrected chi connectivity index (χ0v) is 16.1. The quantitative estimate of drug-likeness (QED) is 0.489. The van der Waals surface area contributed by atoms with Gasteiger partial charge in [-0.2, -0.15) is 0 Å². The van der Waals surface area contributed by atoms with Crippen molar-refractivity contribution in [3.63, 3.8) is 0 Å².